The second kappa shape index (κ2) is 8.98. The molecule has 0 saturated carbocycles. The molecule has 2 aromatic carbocycles. The second-order valence-electron chi connectivity index (χ2n) is 7.92. The second-order valence-corrected chi connectivity index (χ2v) is 8.78. The van der Waals surface area contributed by atoms with E-state index >= 15 is 0 Å². The summed E-state index contributed by atoms with van der Waals surface area (Å²) in [6, 6.07) is 12.3. The van der Waals surface area contributed by atoms with Crippen molar-refractivity contribution in [1.82, 2.24) is 9.88 Å². The number of likely N-dealkylation sites (tertiary alicyclic amines) is 1. The molecular formula is C24H24FN3O2S. The van der Waals surface area contributed by atoms with E-state index in [1.807, 2.05) is 4.90 Å². The molecule has 7 heteroatoms. The van der Waals surface area contributed by atoms with Gasteiger partial charge in [-0.1, -0.05) is 41.5 Å². The monoisotopic (exact) mass is 437 g/mol. The van der Waals surface area contributed by atoms with Crippen molar-refractivity contribution in [2.45, 2.75) is 39.2 Å². The largest absolute Gasteiger partial charge is 0.335 e. The van der Waals surface area contributed by atoms with Crippen LogP contribution in [0.15, 0.2) is 47.8 Å². The topological polar surface area (TPSA) is 62.3 Å². The molecule has 1 saturated heterocycles. The first kappa shape index (κ1) is 21.2. The lowest BCUT2D eigenvalue weighted by Gasteiger charge is -2.25. The number of carbonyl (C=O) groups excluding carboxylic acids is 2. The number of hydrogen-bond acceptors (Lipinski definition) is 4. The molecular weight excluding hydrogens is 413 g/mol. The average molecular weight is 438 g/mol. The molecule has 1 aromatic heterocycles. The minimum Gasteiger partial charge on any atom is -0.335 e. The Morgan fingerprint density at radius 3 is 2.68 bits per heavy atom. The Bertz CT molecular complexity index is 1110. The van der Waals surface area contributed by atoms with E-state index in [4.69, 9.17) is 0 Å². The van der Waals surface area contributed by atoms with Crippen molar-refractivity contribution in [2.75, 3.05) is 11.9 Å². The molecule has 0 bridgehead atoms. The molecule has 1 unspecified atom stereocenters. The number of anilines is 1. The lowest BCUT2D eigenvalue weighted by Crippen LogP contribution is -2.32. The van der Waals surface area contributed by atoms with E-state index in [1.54, 1.807) is 11.4 Å². The van der Waals surface area contributed by atoms with Gasteiger partial charge in [0.25, 0.3) is 5.91 Å². The van der Waals surface area contributed by atoms with Gasteiger partial charge in [-0.3, -0.25) is 14.9 Å². The Morgan fingerprint density at radius 1 is 1.19 bits per heavy atom. The molecule has 0 radical (unpaired) electrons. The maximum absolute atomic E-state index is 13.8. The molecule has 1 fully saturated rings. The number of aromatic nitrogens is 1. The molecule has 160 valence electrons. The number of nitrogens with one attached hydrogen (secondary N) is 1. The van der Waals surface area contributed by atoms with Gasteiger partial charge in [0.05, 0.1) is 23.7 Å². The van der Waals surface area contributed by atoms with E-state index in [0.29, 0.717) is 10.8 Å². The van der Waals surface area contributed by atoms with Crippen molar-refractivity contribution in [3.63, 3.8) is 0 Å². The van der Waals surface area contributed by atoms with Crippen LogP contribution in [-0.2, 0) is 11.2 Å². The highest BCUT2D eigenvalue weighted by Crippen LogP contribution is 2.33. The maximum atomic E-state index is 13.8. The SMILES string of the molecule is Cc1cc(C)cc(C2CCCN2C(=O)Cc2csc(NC(=O)c3ccccc3F)n2)c1. The van der Waals surface area contributed by atoms with Crippen molar-refractivity contribution in [3.05, 3.63) is 81.6 Å². The van der Waals surface area contributed by atoms with Gasteiger partial charge in [0, 0.05) is 11.9 Å². The fourth-order valence-electron chi connectivity index (χ4n) is 4.13. The van der Waals surface area contributed by atoms with E-state index < -0.39 is 11.7 Å². The zero-order valence-electron chi connectivity index (χ0n) is 17.5. The van der Waals surface area contributed by atoms with Gasteiger partial charge >= 0.3 is 0 Å². The standard InChI is InChI=1S/C24H24FN3O2S/c1-15-10-16(2)12-17(11-15)21-8-5-9-28(21)22(29)13-18-14-31-24(26-18)27-23(30)19-6-3-4-7-20(19)25/h3-4,6-7,10-12,14,21H,5,8-9,13H2,1-2H3,(H,26,27,30). The van der Waals surface area contributed by atoms with Crippen molar-refractivity contribution < 1.29 is 14.0 Å². The normalized spacial score (nSPS) is 15.8. The smallest absolute Gasteiger partial charge is 0.260 e. The predicted octanol–water partition coefficient (Wildman–Crippen LogP) is 5.06. The molecule has 2 heterocycles. The summed E-state index contributed by atoms with van der Waals surface area (Å²) >= 11 is 1.23. The maximum Gasteiger partial charge on any atom is 0.260 e. The number of halogens is 1. The van der Waals surface area contributed by atoms with Crippen LogP contribution in [0.2, 0.25) is 0 Å². The summed E-state index contributed by atoms with van der Waals surface area (Å²) < 4.78 is 13.8. The zero-order chi connectivity index (χ0) is 22.0. The molecule has 2 amide bonds. The lowest BCUT2D eigenvalue weighted by molar-refractivity contribution is -0.131. The van der Waals surface area contributed by atoms with Gasteiger partial charge in [-0.2, -0.15) is 0 Å². The van der Waals surface area contributed by atoms with Crippen molar-refractivity contribution in [1.29, 1.82) is 0 Å². The summed E-state index contributed by atoms with van der Waals surface area (Å²) in [6.45, 7) is 4.88. The van der Waals surface area contributed by atoms with Crippen LogP contribution in [0.25, 0.3) is 0 Å². The third-order valence-corrected chi connectivity index (χ3v) is 6.23. The number of aryl methyl sites for hydroxylation is 2. The molecule has 1 aliphatic heterocycles. The zero-order valence-corrected chi connectivity index (χ0v) is 18.3. The number of amides is 2. The van der Waals surface area contributed by atoms with Crippen LogP contribution in [0.5, 0.6) is 0 Å². The summed E-state index contributed by atoms with van der Waals surface area (Å²) in [4.78, 5) is 31.6. The molecule has 1 atom stereocenters. The Morgan fingerprint density at radius 2 is 1.94 bits per heavy atom. The van der Waals surface area contributed by atoms with Gasteiger partial charge in [-0.15, -0.1) is 11.3 Å². The van der Waals surface area contributed by atoms with E-state index in [9.17, 15) is 14.0 Å². The van der Waals surface area contributed by atoms with Crippen LogP contribution < -0.4 is 5.32 Å². The Hall–Kier alpha value is -3.06. The third kappa shape index (κ3) is 4.82. The highest BCUT2D eigenvalue weighted by atomic mass is 32.1. The van der Waals surface area contributed by atoms with E-state index in [2.05, 4.69) is 42.3 Å². The van der Waals surface area contributed by atoms with E-state index in [1.165, 1.54) is 46.2 Å². The lowest BCUT2D eigenvalue weighted by atomic mass is 9.99. The molecule has 1 aliphatic rings. The van der Waals surface area contributed by atoms with Gasteiger partial charge in [0.1, 0.15) is 5.82 Å². The number of nitrogens with zero attached hydrogens (tertiary/aromatic N) is 2. The minimum absolute atomic E-state index is 0.0268. The average Bonchev–Trinajstić information content (AvgIpc) is 3.37. The first-order chi connectivity index (χ1) is 14.9. The van der Waals surface area contributed by atoms with Gasteiger partial charge in [0.15, 0.2) is 5.13 Å². The highest BCUT2D eigenvalue weighted by Gasteiger charge is 2.30. The summed E-state index contributed by atoms with van der Waals surface area (Å²) in [5.74, 6) is -1.11. The van der Waals surface area contributed by atoms with Crippen LogP contribution in [0, 0.1) is 19.7 Å². The number of rotatable bonds is 5. The van der Waals surface area contributed by atoms with Gasteiger partial charge in [-0.25, -0.2) is 9.37 Å². The van der Waals surface area contributed by atoms with Crippen LogP contribution in [0.3, 0.4) is 0 Å². The van der Waals surface area contributed by atoms with Crippen LogP contribution in [-0.4, -0.2) is 28.2 Å². The van der Waals surface area contributed by atoms with Gasteiger partial charge in [-0.05, 0) is 44.4 Å². The summed E-state index contributed by atoms with van der Waals surface area (Å²) in [7, 11) is 0. The summed E-state index contributed by atoms with van der Waals surface area (Å²) in [6.07, 6.45) is 2.10. The Balaban J connectivity index is 1.42. The number of thiazole rings is 1. The van der Waals surface area contributed by atoms with Crippen molar-refractivity contribution in [3.8, 4) is 0 Å². The fraction of sp³-hybridized carbons (Fsp3) is 0.292. The third-order valence-electron chi connectivity index (χ3n) is 5.42. The van der Waals surface area contributed by atoms with E-state index in [0.717, 1.165) is 19.4 Å². The molecule has 5 nitrogen and oxygen atoms in total. The van der Waals surface area contributed by atoms with Crippen molar-refractivity contribution >= 4 is 28.3 Å². The van der Waals surface area contributed by atoms with Crippen LogP contribution in [0.1, 0.15) is 51.6 Å². The summed E-state index contributed by atoms with van der Waals surface area (Å²) in [5.41, 5.74) is 4.14. The number of hydrogen-bond donors (Lipinski definition) is 1. The minimum atomic E-state index is -0.585. The fourth-order valence-corrected chi connectivity index (χ4v) is 4.83. The van der Waals surface area contributed by atoms with E-state index in [-0.39, 0.29) is 23.9 Å². The Kier molecular flexibility index (Phi) is 6.13. The molecule has 31 heavy (non-hydrogen) atoms. The molecule has 4 rings (SSSR count). The summed E-state index contributed by atoms with van der Waals surface area (Å²) in [5, 5.41) is 4.72. The number of benzene rings is 2. The van der Waals surface area contributed by atoms with Gasteiger partial charge in [0.2, 0.25) is 5.91 Å². The molecule has 0 aliphatic carbocycles. The first-order valence-corrected chi connectivity index (χ1v) is 11.2. The quantitative estimate of drug-likeness (QED) is 0.607. The molecule has 0 spiro atoms. The van der Waals surface area contributed by atoms with Crippen LogP contribution in [0.4, 0.5) is 9.52 Å². The Labute approximate surface area is 184 Å². The highest BCUT2D eigenvalue weighted by molar-refractivity contribution is 7.14. The molecule has 1 N–H and O–H groups in total. The number of carbonyl (C=O) groups is 2. The van der Waals surface area contributed by atoms with Crippen molar-refractivity contribution in [2.24, 2.45) is 0 Å². The van der Waals surface area contributed by atoms with Crippen LogP contribution >= 0.6 is 11.3 Å². The predicted molar refractivity (Wildman–Crippen MR) is 120 cm³/mol. The van der Waals surface area contributed by atoms with Gasteiger partial charge < -0.3 is 4.90 Å². The first-order valence-electron chi connectivity index (χ1n) is 10.3. The molecule has 3 aromatic rings.